The molecule has 1 aliphatic rings. The average Bonchev–Trinajstić information content (AvgIpc) is 2.89. The number of likely N-dealkylation sites (tertiary alicyclic amines) is 1. The molecule has 12 heteroatoms. The van der Waals surface area contributed by atoms with Crippen LogP contribution in [0.4, 0.5) is 18.0 Å². The summed E-state index contributed by atoms with van der Waals surface area (Å²) in [4.78, 5) is 27.3. The number of benzene rings is 2. The lowest BCUT2D eigenvalue weighted by molar-refractivity contribution is -0.138. The lowest BCUT2D eigenvalue weighted by Gasteiger charge is -2.33. The molecule has 2 aromatic rings. The summed E-state index contributed by atoms with van der Waals surface area (Å²) in [5.74, 6) is -0.229. The molecule has 1 aliphatic heterocycles. The van der Waals surface area contributed by atoms with E-state index < -0.39 is 40.5 Å². The Labute approximate surface area is 247 Å². The molecule has 0 radical (unpaired) electrons. The third-order valence-corrected chi connectivity index (χ3v) is 8.23. The summed E-state index contributed by atoms with van der Waals surface area (Å²) in [5.41, 5.74) is -0.994. The van der Waals surface area contributed by atoms with Crippen LogP contribution >= 0.6 is 11.6 Å². The minimum Gasteiger partial charge on any atom is -0.611 e. The summed E-state index contributed by atoms with van der Waals surface area (Å²) in [6.07, 6.45) is -3.54. The lowest BCUT2D eigenvalue weighted by Crippen LogP contribution is -2.42. The van der Waals surface area contributed by atoms with Gasteiger partial charge in [0.2, 0.25) is 0 Å². The topological polar surface area (TPSA) is 93.7 Å². The Kier molecular flexibility index (Phi) is 11.4. The standard InChI is InChI=1S/C29H37ClF3N3O4S/c1-5-41(39)25-11-10-23(30)13-22(25)16-34-26(37)20-8-9-21(24(14-20)29(31,32)33)18-36-12-6-7-19(17-36)15-35-27(38)40-28(2,3)4/h8-11,13-14,19H,5-7,12,15-18H2,1-4H3,(H,34,37)(H,35,38)/t19-,41?/m0/s1. The minimum atomic E-state index is -4.66. The number of piperidine rings is 1. The number of hydrogen-bond acceptors (Lipinski definition) is 5. The Hall–Kier alpha value is -2.47. The molecule has 3 rings (SSSR count). The predicted molar refractivity (Wildman–Crippen MR) is 153 cm³/mol. The first-order valence-corrected chi connectivity index (χ1v) is 15.2. The summed E-state index contributed by atoms with van der Waals surface area (Å²) in [7, 11) is 0. The van der Waals surface area contributed by atoms with Gasteiger partial charge in [-0.2, -0.15) is 13.2 Å². The van der Waals surface area contributed by atoms with Crippen LogP contribution in [0.2, 0.25) is 5.02 Å². The molecule has 0 aliphatic carbocycles. The Morgan fingerprint density at radius 3 is 2.51 bits per heavy atom. The highest BCUT2D eigenvalue weighted by molar-refractivity contribution is 7.91. The van der Waals surface area contributed by atoms with E-state index >= 15 is 0 Å². The minimum absolute atomic E-state index is 0.0317. The van der Waals surface area contributed by atoms with E-state index in [1.165, 1.54) is 12.1 Å². The monoisotopic (exact) mass is 615 g/mol. The van der Waals surface area contributed by atoms with Crippen molar-refractivity contribution in [1.82, 2.24) is 15.5 Å². The molecule has 1 saturated heterocycles. The zero-order valence-electron chi connectivity index (χ0n) is 23.7. The molecule has 2 aromatic carbocycles. The second kappa shape index (κ2) is 14.1. The van der Waals surface area contributed by atoms with Gasteiger partial charge in [-0.1, -0.05) is 17.7 Å². The fraction of sp³-hybridized carbons (Fsp3) is 0.517. The van der Waals surface area contributed by atoms with Gasteiger partial charge in [0.1, 0.15) is 11.4 Å². The first kappa shape index (κ1) is 33.0. The van der Waals surface area contributed by atoms with Crippen LogP contribution in [0.5, 0.6) is 0 Å². The van der Waals surface area contributed by atoms with Gasteiger partial charge in [-0.05, 0) is 100 Å². The Bertz CT molecular complexity index is 1220. The first-order valence-electron chi connectivity index (χ1n) is 13.5. The molecule has 1 unspecified atom stereocenters. The number of alkyl halides is 3. The number of ether oxygens (including phenoxy) is 1. The predicted octanol–water partition coefficient (Wildman–Crippen LogP) is 6.15. The van der Waals surface area contributed by atoms with Gasteiger partial charge in [-0.15, -0.1) is 0 Å². The summed E-state index contributed by atoms with van der Waals surface area (Å²) in [5, 5.41) is 5.78. The maximum absolute atomic E-state index is 14.1. The number of alkyl carbamates (subject to hydrolysis) is 1. The highest BCUT2D eigenvalue weighted by atomic mass is 35.5. The molecule has 2 N–H and O–H groups in total. The molecule has 226 valence electrons. The third kappa shape index (κ3) is 10.1. The number of hydrogen-bond donors (Lipinski definition) is 2. The van der Waals surface area contributed by atoms with Crippen molar-refractivity contribution in [2.75, 3.05) is 25.4 Å². The molecular weight excluding hydrogens is 579 g/mol. The van der Waals surface area contributed by atoms with Gasteiger partial charge in [0, 0.05) is 42.3 Å². The second-order valence-electron chi connectivity index (χ2n) is 11.1. The van der Waals surface area contributed by atoms with E-state index in [9.17, 15) is 27.3 Å². The van der Waals surface area contributed by atoms with Crippen LogP contribution in [-0.2, 0) is 35.2 Å². The fourth-order valence-electron chi connectivity index (χ4n) is 4.71. The molecule has 0 spiro atoms. The van der Waals surface area contributed by atoms with E-state index in [4.69, 9.17) is 16.3 Å². The van der Waals surface area contributed by atoms with Crippen LogP contribution in [-0.4, -0.2) is 52.4 Å². The average molecular weight is 616 g/mol. The molecule has 0 saturated carbocycles. The van der Waals surface area contributed by atoms with Crippen molar-refractivity contribution < 1.29 is 32.0 Å². The summed E-state index contributed by atoms with van der Waals surface area (Å²) >= 11 is 4.77. The first-order chi connectivity index (χ1) is 19.2. The molecular formula is C29H37ClF3N3O4S. The SMILES string of the molecule is CC[S+]([O-])c1ccc(Cl)cc1CNC(=O)c1ccc(CN2CCC[C@@H](CNC(=O)OC(C)(C)C)C2)c(C(F)(F)F)c1. The maximum Gasteiger partial charge on any atom is 0.416 e. The van der Waals surface area contributed by atoms with E-state index in [1.54, 1.807) is 45.9 Å². The smallest absolute Gasteiger partial charge is 0.416 e. The van der Waals surface area contributed by atoms with E-state index in [-0.39, 0.29) is 30.1 Å². The summed E-state index contributed by atoms with van der Waals surface area (Å²) in [6, 6.07) is 8.42. The van der Waals surface area contributed by atoms with Crippen molar-refractivity contribution in [1.29, 1.82) is 0 Å². The van der Waals surface area contributed by atoms with Gasteiger partial charge in [0.25, 0.3) is 5.91 Å². The van der Waals surface area contributed by atoms with Crippen LogP contribution < -0.4 is 10.6 Å². The largest absolute Gasteiger partial charge is 0.611 e. The highest BCUT2D eigenvalue weighted by Gasteiger charge is 2.35. The second-order valence-corrected chi connectivity index (χ2v) is 13.2. The van der Waals surface area contributed by atoms with Gasteiger partial charge in [-0.25, -0.2) is 4.79 Å². The van der Waals surface area contributed by atoms with E-state index in [0.29, 0.717) is 40.9 Å². The molecule has 41 heavy (non-hydrogen) atoms. The lowest BCUT2D eigenvalue weighted by atomic mass is 9.96. The zero-order valence-corrected chi connectivity index (χ0v) is 25.3. The van der Waals surface area contributed by atoms with Crippen molar-refractivity contribution in [2.24, 2.45) is 5.92 Å². The van der Waals surface area contributed by atoms with Gasteiger partial charge in [-0.3, -0.25) is 9.69 Å². The van der Waals surface area contributed by atoms with Crippen molar-refractivity contribution in [3.63, 3.8) is 0 Å². The van der Waals surface area contributed by atoms with E-state index in [1.807, 2.05) is 4.90 Å². The highest BCUT2D eigenvalue weighted by Crippen LogP contribution is 2.34. The number of amides is 2. The number of rotatable bonds is 9. The summed E-state index contributed by atoms with van der Waals surface area (Å²) in [6.45, 7) is 8.63. The maximum atomic E-state index is 14.1. The normalized spacial score (nSPS) is 17.1. The van der Waals surface area contributed by atoms with Gasteiger partial charge < -0.3 is 19.9 Å². The van der Waals surface area contributed by atoms with Gasteiger partial charge >= 0.3 is 12.3 Å². The number of carbonyl (C=O) groups is 2. The van der Waals surface area contributed by atoms with Gasteiger partial charge in [0.15, 0.2) is 4.90 Å². The van der Waals surface area contributed by atoms with Crippen LogP contribution in [0.3, 0.4) is 0 Å². The quantitative estimate of drug-likeness (QED) is 0.330. The molecule has 7 nitrogen and oxygen atoms in total. The molecule has 0 aromatic heterocycles. The fourth-order valence-corrected chi connectivity index (χ4v) is 5.85. The van der Waals surface area contributed by atoms with Crippen molar-refractivity contribution in [3.8, 4) is 0 Å². The van der Waals surface area contributed by atoms with Gasteiger partial charge in [0.05, 0.1) is 5.56 Å². The van der Waals surface area contributed by atoms with Crippen LogP contribution in [0.15, 0.2) is 41.3 Å². The van der Waals surface area contributed by atoms with E-state index in [2.05, 4.69) is 10.6 Å². The number of nitrogens with one attached hydrogen (secondary N) is 2. The van der Waals surface area contributed by atoms with Crippen molar-refractivity contribution in [2.45, 2.75) is 70.3 Å². The number of carbonyl (C=O) groups excluding carboxylic acids is 2. The van der Waals surface area contributed by atoms with Crippen LogP contribution in [0.25, 0.3) is 0 Å². The van der Waals surface area contributed by atoms with E-state index in [0.717, 1.165) is 18.9 Å². The molecule has 2 amide bonds. The Morgan fingerprint density at radius 2 is 1.85 bits per heavy atom. The molecule has 1 heterocycles. The molecule has 0 bridgehead atoms. The number of nitrogens with zero attached hydrogens (tertiary/aromatic N) is 1. The molecule has 1 fully saturated rings. The molecule has 2 atom stereocenters. The number of halogens is 4. The Morgan fingerprint density at radius 1 is 1.12 bits per heavy atom. The van der Waals surface area contributed by atoms with Crippen LogP contribution in [0.1, 0.15) is 67.6 Å². The van der Waals surface area contributed by atoms with Crippen molar-refractivity contribution >= 4 is 34.8 Å². The Balaban J connectivity index is 1.68. The zero-order chi connectivity index (χ0) is 30.4. The summed E-state index contributed by atoms with van der Waals surface area (Å²) < 4.78 is 59.9. The third-order valence-electron chi connectivity index (χ3n) is 6.58. The van der Waals surface area contributed by atoms with Crippen molar-refractivity contribution in [3.05, 3.63) is 63.7 Å². The van der Waals surface area contributed by atoms with Crippen LogP contribution in [0, 0.1) is 5.92 Å².